The first-order chi connectivity index (χ1) is 6.36. The van der Waals surface area contributed by atoms with Gasteiger partial charge in [-0.3, -0.25) is 4.39 Å². The molecule has 68 valence electrons. The second-order valence-corrected chi connectivity index (χ2v) is 3.70. The van der Waals surface area contributed by atoms with Crippen molar-refractivity contribution in [1.29, 1.82) is 5.26 Å². The SMILES string of the molecule is N#Cc1cccc(SCCCF)c1. The van der Waals surface area contributed by atoms with E-state index in [0.717, 1.165) is 10.6 Å². The Bertz CT molecular complexity index is 306. The Morgan fingerprint density at radius 2 is 2.31 bits per heavy atom. The van der Waals surface area contributed by atoms with E-state index in [1.54, 1.807) is 17.8 Å². The Morgan fingerprint density at radius 1 is 1.46 bits per heavy atom. The van der Waals surface area contributed by atoms with Gasteiger partial charge in [-0.2, -0.15) is 5.26 Å². The Balaban J connectivity index is 2.52. The zero-order valence-electron chi connectivity index (χ0n) is 7.16. The van der Waals surface area contributed by atoms with Crippen LogP contribution in [0.2, 0.25) is 0 Å². The second kappa shape index (κ2) is 5.60. The van der Waals surface area contributed by atoms with Gasteiger partial charge in [0.1, 0.15) is 0 Å². The van der Waals surface area contributed by atoms with Gasteiger partial charge in [0.15, 0.2) is 0 Å². The third kappa shape index (κ3) is 3.47. The predicted octanol–water partition coefficient (Wildman–Crippen LogP) is 3.01. The summed E-state index contributed by atoms with van der Waals surface area (Å²) in [6.07, 6.45) is 0.571. The molecule has 0 fully saturated rings. The monoisotopic (exact) mass is 195 g/mol. The lowest BCUT2D eigenvalue weighted by Gasteiger charge is -1.99. The number of nitrogens with zero attached hydrogens (tertiary/aromatic N) is 1. The molecule has 0 aromatic heterocycles. The second-order valence-electron chi connectivity index (χ2n) is 2.53. The van der Waals surface area contributed by atoms with Crippen LogP contribution in [0.4, 0.5) is 4.39 Å². The van der Waals surface area contributed by atoms with E-state index in [1.807, 2.05) is 18.2 Å². The maximum Gasteiger partial charge on any atom is 0.0992 e. The molecule has 3 heteroatoms. The lowest BCUT2D eigenvalue weighted by atomic mass is 10.2. The van der Waals surface area contributed by atoms with E-state index in [1.165, 1.54) is 0 Å². The molecule has 0 radical (unpaired) electrons. The van der Waals surface area contributed by atoms with Crippen molar-refractivity contribution >= 4 is 11.8 Å². The van der Waals surface area contributed by atoms with Crippen molar-refractivity contribution < 1.29 is 4.39 Å². The summed E-state index contributed by atoms with van der Waals surface area (Å²) >= 11 is 1.58. The van der Waals surface area contributed by atoms with Crippen molar-refractivity contribution in [2.24, 2.45) is 0 Å². The van der Waals surface area contributed by atoms with Crippen molar-refractivity contribution in [1.82, 2.24) is 0 Å². The lowest BCUT2D eigenvalue weighted by Crippen LogP contribution is -1.82. The predicted molar refractivity (Wildman–Crippen MR) is 52.5 cm³/mol. The standard InChI is InChI=1S/C10H10FNS/c11-5-2-6-13-10-4-1-3-9(7-10)8-12/h1,3-4,7H,2,5-6H2. The van der Waals surface area contributed by atoms with Gasteiger partial charge < -0.3 is 0 Å². The third-order valence-electron chi connectivity index (χ3n) is 1.51. The molecule has 0 aliphatic heterocycles. The molecule has 0 bridgehead atoms. The molecule has 0 amide bonds. The van der Waals surface area contributed by atoms with Gasteiger partial charge in [-0.15, -0.1) is 11.8 Å². The Morgan fingerprint density at radius 3 is 3.00 bits per heavy atom. The van der Waals surface area contributed by atoms with E-state index >= 15 is 0 Å². The highest BCUT2D eigenvalue weighted by Gasteiger charge is 1.95. The third-order valence-corrected chi connectivity index (χ3v) is 2.59. The molecule has 1 rings (SSSR count). The van der Waals surface area contributed by atoms with E-state index < -0.39 is 0 Å². The highest BCUT2D eigenvalue weighted by atomic mass is 32.2. The molecule has 0 saturated carbocycles. The van der Waals surface area contributed by atoms with E-state index in [9.17, 15) is 4.39 Å². The van der Waals surface area contributed by atoms with Gasteiger partial charge >= 0.3 is 0 Å². The van der Waals surface area contributed by atoms with E-state index in [4.69, 9.17) is 5.26 Å². The molecule has 1 aromatic carbocycles. The number of benzene rings is 1. The molecular formula is C10H10FNS. The quantitative estimate of drug-likeness (QED) is 0.544. The fourth-order valence-corrected chi connectivity index (χ4v) is 1.77. The van der Waals surface area contributed by atoms with Crippen LogP contribution < -0.4 is 0 Å². The molecule has 0 atom stereocenters. The molecule has 0 saturated heterocycles. The number of alkyl halides is 1. The number of thioether (sulfide) groups is 1. The molecule has 0 aliphatic rings. The van der Waals surface area contributed by atoms with Crippen LogP contribution in [0.15, 0.2) is 29.2 Å². The van der Waals surface area contributed by atoms with E-state index in [0.29, 0.717) is 12.0 Å². The molecule has 13 heavy (non-hydrogen) atoms. The van der Waals surface area contributed by atoms with Crippen molar-refractivity contribution in [3.05, 3.63) is 29.8 Å². The van der Waals surface area contributed by atoms with Crippen molar-refractivity contribution in [2.45, 2.75) is 11.3 Å². The molecule has 0 unspecified atom stereocenters. The summed E-state index contributed by atoms with van der Waals surface area (Å²) in [7, 11) is 0. The van der Waals surface area contributed by atoms with Crippen LogP contribution in [0.5, 0.6) is 0 Å². The smallest absolute Gasteiger partial charge is 0.0992 e. The van der Waals surface area contributed by atoms with Crippen molar-refractivity contribution in [3.8, 4) is 6.07 Å². The molecule has 0 spiro atoms. The number of halogens is 1. The van der Waals surface area contributed by atoms with Crippen LogP contribution in [0, 0.1) is 11.3 Å². The highest BCUT2D eigenvalue weighted by Crippen LogP contribution is 2.19. The van der Waals surface area contributed by atoms with E-state index in [2.05, 4.69) is 6.07 Å². The zero-order valence-corrected chi connectivity index (χ0v) is 7.98. The van der Waals surface area contributed by atoms with Gasteiger partial charge in [-0.05, 0) is 24.6 Å². The largest absolute Gasteiger partial charge is 0.251 e. The van der Waals surface area contributed by atoms with E-state index in [-0.39, 0.29) is 6.67 Å². The molecule has 0 aliphatic carbocycles. The summed E-state index contributed by atoms with van der Waals surface area (Å²) in [4.78, 5) is 1.03. The van der Waals surface area contributed by atoms with Crippen molar-refractivity contribution in [2.75, 3.05) is 12.4 Å². The topological polar surface area (TPSA) is 23.8 Å². The Kier molecular flexibility index (Phi) is 4.34. The van der Waals surface area contributed by atoms with Gasteiger partial charge in [0.25, 0.3) is 0 Å². The lowest BCUT2D eigenvalue weighted by molar-refractivity contribution is 0.489. The molecule has 0 heterocycles. The number of rotatable bonds is 4. The van der Waals surface area contributed by atoms with Crippen LogP contribution in [0.25, 0.3) is 0 Å². The maximum absolute atomic E-state index is 11.8. The zero-order chi connectivity index (χ0) is 9.52. The Hall–Kier alpha value is -1.01. The molecule has 1 nitrogen and oxygen atoms in total. The minimum atomic E-state index is -0.273. The molecule has 0 N–H and O–H groups in total. The first kappa shape index (κ1) is 10.1. The fraction of sp³-hybridized carbons (Fsp3) is 0.300. The first-order valence-corrected chi connectivity index (χ1v) is 5.04. The summed E-state index contributed by atoms with van der Waals surface area (Å²) in [6.45, 7) is -0.273. The average Bonchev–Trinajstić information content (AvgIpc) is 2.19. The molecular weight excluding hydrogens is 185 g/mol. The number of hydrogen-bond acceptors (Lipinski definition) is 2. The van der Waals surface area contributed by atoms with Crippen LogP contribution in [0.3, 0.4) is 0 Å². The summed E-state index contributed by atoms with van der Waals surface area (Å²) in [5, 5.41) is 8.61. The summed E-state index contributed by atoms with van der Waals surface area (Å²) in [5.41, 5.74) is 0.658. The fourth-order valence-electron chi connectivity index (χ4n) is 0.900. The Labute approximate surface area is 81.6 Å². The van der Waals surface area contributed by atoms with Crippen LogP contribution in [-0.2, 0) is 0 Å². The van der Waals surface area contributed by atoms with Gasteiger partial charge in [0.05, 0.1) is 18.3 Å². The first-order valence-electron chi connectivity index (χ1n) is 4.06. The van der Waals surface area contributed by atoms with Crippen LogP contribution in [0.1, 0.15) is 12.0 Å². The normalized spacial score (nSPS) is 9.54. The summed E-state index contributed by atoms with van der Waals surface area (Å²) < 4.78 is 11.8. The summed E-state index contributed by atoms with van der Waals surface area (Å²) in [5.74, 6) is 0.769. The highest BCUT2D eigenvalue weighted by molar-refractivity contribution is 7.99. The number of hydrogen-bond donors (Lipinski definition) is 0. The number of nitriles is 1. The van der Waals surface area contributed by atoms with Gasteiger partial charge in [0, 0.05) is 10.6 Å². The van der Waals surface area contributed by atoms with Gasteiger partial charge in [-0.25, -0.2) is 0 Å². The maximum atomic E-state index is 11.8. The minimum absolute atomic E-state index is 0.273. The van der Waals surface area contributed by atoms with Crippen LogP contribution >= 0.6 is 11.8 Å². The minimum Gasteiger partial charge on any atom is -0.251 e. The van der Waals surface area contributed by atoms with Crippen LogP contribution in [-0.4, -0.2) is 12.4 Å². The van der Waals surface area contributed by atoms with Crippen molar-refractivity contribution in [3.63, 3.8) is 0 Å². The summed E-state index contributed by atoms with van der Waals surface area (Å²) in [6, 6.07) is 9.43. The molecule has 1 aromatic rings. The van der Waals surface area contributed by atoms with Gasteiger partial charge in [0.2, 0.25) is 0 Å². The van der Waals surface area contributed by atoms with Gasteiger partial charge in [-0.1, -0.05) is 6.07 Å². The average molecular weight is 195 g/mol.